The van der Waals surface area contributed by atoms with Crippen LogP contribution in [0.1, 0.15) is 37.3 Å². The van der Waals surface area contributed by atoms with Crippen LogP contribution >= 0.6 is 0 Å². The molecular formula is C21H20F4. The van der Waals surface area contributed by atoms with Crippen LogP contribution in [0.15, 0.2) is 36.4 Å². The summed E-state index contributed by atoms with van der Waals surface area (Å²) in [6.45, 7) is 1.99. The largest absolute Gasteiger partial charge is 0.206 e. The van der Waals surface area contributed by atoms with Crippen LogP contribution in [0.25, 0.3) is 11.1 Å². The van der Waals surface area contributed by atoms with Crippen LogP contribution in [0.4, 0.5) is 17.6 Å². The van der Waals surface area contributed by atoms with E-state index in [1.165, 1.54) is 6.07 Å². The third kappa shape index (κ3) is 3.63. The number of rotatable bonds is 4. The highest BCUT2D eigenvalue weighted by Gasteiger charge is 2.23. The molecule has 0 saturated carbocycles. The zero-order chi connectivity index (χ0) is 18.0. The van der Waals surface area contributed by atoms with Crippen LogP contribution in [0.3, 0.4) is 0 Å². The van der Waals surface area contributed by atoms with Crippen molar-refractivity contribution in [2.45, 2.75) is 39.0 Å². The van der Waals surface area contributed by atoms with Gasteiger partial charge in [-0.3, -0.25) is 0 Å². The highest BCUT2D eigenvalue weighted by atomic mass is 19.2. The lowest BCUT2D eigenvalue weighted by Gasteiger charge is -2.25. The quantitative estimate of drug-likeness (QED) is 0.342. The van der Waals surface area contributed by atoms with Crippen LogP contribution in [0.5, 0.6) is 0 Å². The molecule has 1 atom stereocenters. The van der Waals surface area contributed by atoms with Crippen molar-refractivity contribution in [1.82, 2.24) is 0 Å². The summed E-state index contributed by atoms with van der Waals surface area (Å²) < 4.78 is 54.9. The molecule has 0 bridgehead atoms. The first kappa shape index (κ1) is 17.7. The lowest BCUT2D eigenvalue weighted by molar-refractivity contribution is 0.421. The first-order valence-corrected chi connectivity index (χ1v) is 8.57. The molecule has 0 aromatic heterocycles. The minimum absolute atomic E-state index is 0.0203. The van der Waals surface area contributed by atoms with Gasteiger partial charge in [-0.25, -0.2) is 17.6 Å². The Morgan fingerprint density at radius 3 is 2.44 bits per heavy atom. The molecule has 0 fully saturated rings. The zero-order valence-electron chi connectivity index (χ0n) is 14.1. The SMILES string of the molecule is C/C=C/CCC1CCc2c(ccc(-c3cc(F)c(F)c(F)c3)c2F)C1. The number of allylic oxidation sites excluding steroid dienone is 2. The fourth-order valence-corrected chi connectivity index (χ4v) is 3.56. The van der Waals surface area contributed by atoms with Gasteiger partial charge in [-0.1, -0.05) is 24.3 Å². The minimum Gasteiger partial charge on any atom is -0.206 e. The van der Waals surface area contributed by atoms with Crippen molar-refractivity contribution in [1.29, 1.82) is 0 Å². The van der Waals surface area contributed by atoms with E-state index in [4.69, 9.17) is 0 Å². The van der Waals surface area contributed by atoms with E-state index in [1.54, 1.807) is 0 Å². The molecule has 0 N–H and O–H groups in total. The Morgan fingerprint density at radius 1 is 1.04 bits per heavy atom. The first-order valence-electron chi connectivity index (χ1n) is 8.57. The first-order chi connectivity index (χ1) is 12.0. The van der Waals surface area contributed by atoms with Gasteiger partial charge in [-0.05, 0) is 73.8 Å². The van der Waals surface area contributed by atoms with Gasteiger partial charge >= 0.3 is 0 Å². The minimum atomic E-state index is -1.54. The number of halogens is 4. The molecule has 25 heavy (non-hydrogen) atoms. The maximum Gasteiger partial charge on any atom is 0.194 e. The van der Waals surface area contributed by atoms with Gasteiger partial charge in [0.1, 0.15) is 5.82 Å². The molecule has 3 rings (SSSR count). The molecule has 2 aromatic rings. The van der Waals surface area contributed by atoms with Gasteiger partial charge in [0.15, 0.2) is 17.5 Å². The van der Waals surface area contributed by atoms with Gasteiger partial charge in [0.2, 0.25) is 0 Å². The lowest BCUT2D eigenvalue weighted by atomic mass is 9.80. The van der Waals surface area contributed by atoms with E-state index in [2.05, 4.69) is 6.08 Å². The second-order valence-electron chi connectivity index (χ2n) is 6.57. The average Bonchev–Trinajstić information content (AvgIpc) is 2.60. The van der Waals surface area contributed by atoms with Crippen molar-refractivity contribution in [2.24, 2.45) is 5.92 Å². The molecule has 0 nitrogen and oxygen atoms in total. The van der Waals surface area contributed by atoms with Crippen molar-refractivity contribution in [3.8, 4) is 11.1 Å². The Labute approximate surface area is 145 Å². The summed E-state index contributed by atoms with van der Waals surface area (Å²) in [5.74, 6) is -4.08. The Kier molecular flexibility index (Phi) is 5.26. The zero-order valence-corrected chi connectivity index (χ0v) is 14.1. The summed E-state index contributed by atoms with van der Waals surface area (Å²) in [7, 11) is 0. The molecular weight excluding hydrogens is 328 g/mol. The fraction of sp³-hybridized carbons (Fsp3) is 0.333. The molecule has 0 heterocycles. The standard InChI is InChI=1S/C21H20F4/c1-2-3-4-5-13-6-8-16-14(10-13)7-9-17(20(16)24)15-11-18(22)21(25)19(23)12-15/h2-3,7,9,11-13H,4-6,8,10H2,1H3/b3-2+. The van der Waals surface area contributed by atoms with Gasteiger partial charge in [0.05, 0.1) is 0 Å². The molecule has 0 saturated heterocycles. The summed E-state index contributed by atoms with van der Waals surface area (Å²) in [5.41, 5.74) is 1.71. The average molecular weight is 348 g/mol. The summed E-state index contributed by atoms with van der Waals surface area (Å²) >= 11 is 0. The van der Waals surface area contributed by atoms with Gasteiger partial charge in [0.25, 0.3) is 0 Å². The van der Waals surface area contributed by atoms with E-state index in [9.17, 15) is 17.6 Å². The van der Waals surface area contributed by atoms with Gasteiger partial charge in [0, 0.05) is 5.56 Å². The lowest BCUT2D eigenvalue weighted by Crippen LogP contribution is -2.16. The van der Waals surface area contributed by atoms with Crippen LogP contribution in [0.2, 0.25) is 0 Å². The maximum atomic E-state index is 14.9. The molecule has 132 valence electrons. The molecule has 0 spiro atoms. The molecule has 2 aromatic carbocycles. The predicted molar refractivity (Wildman–Crippen MR) is 91.3 cm³/mol. The van der Waals surface area contributed by atoms with E-state index < -0.39 is 23.3 Å². The van der Waals surface area contributed by atoms with E-state index in [-0.39, 0.29) is 11.1 Å². The van der Waals surface area contributed by atoms with Crippen LogP contribution in [-0.4, -0.2) is 0 Å². The second kappa shape index (κ2) is 7.42. The number of hydrogen-bond donors (Lipinski definition) is 0. The smallest absolute Gasteiger partial charge is 0.194 e. The van der Waals surface area contributed by atoms with Crippen molar-refractivity contribution >= 4 is 0 Å². The van der Waals surface area contributed by atoms with Crippen LogP contribution in [-0.2, 0) is 12.8 Å². The van der Waals surface area contributed by atoms with E-state index in [1.807, 2.05) is 19.1 Å². The summed E-state index contributed by atoms with van der Waals surface area (Å²) in [4.78, 5) is 0. The van der Waals surface area contributed by atoms with E-state index >= 15 is 0 Å². The summed E-state index contributed by atoms with van der Waals surface area (Å²) in [6.07, 6.45) is 8.59. The number of hydrogen-bond acceptors (Lipinski definition) is 0. The number of fused-ring (bicyclic) bond motifs is 1. The highest BCUT2D eigenvalue weighted by molar-refractivity contribution is 5.66. The molecule has 1 aliphatic carbocycles. The normalized spacial score (nSPS) is 17.1. The topological polar surface area (TPSA) is 0 Å². The Hall–Kier alpha value is -2.10. The van der Waals surface area contributed by atoms with E-state index in [0.717, 1.165) is 43.4 Å². The van der Waals surface area contributed by atoms with Gasteiger partial charge in [-0.15, -0.1) is 0 Å². The molecule has 0 aliphatic heterocycles. The molecule has 1 unspecified atom stereocenters. The third-order valence-electron chi connectivity index (χ3n) is 4.92. The van der Waals surface area contributed by atoms with Gasteiger partial charge < -0.3 is 0 Å². The van der Waals surface area contributed by atoms with Gasteiger partial charge in [-0.2, -0.15) is 0 Å². The monoisotopic (exact) mass is 348 g/mol. The summed E-state index contributed by atoms with van der Waals surface area (Å²) in [6, 6.07) is 5.04. The van der Waals surface area contributed by atoms with Crippen molar-refractivity contribution in [3.63, 3.8) is 0 Å². The second-order valence-corrected chi connectivity index (χ2v) is 6.57. The number of benzene rings is 2. The van der Waals surface area contributed by atoms with Crippen molar-refractivity contribution in [2.75, 3.05) is 0 Å². The van der Waals surface area contributed by atoms with Crippen molar-refractivity contribution in [3.05, 3.63) is 70.8 Å². The predicted octanol–water partition coefficient (Wildman–Crippen LogP) is 6.37. The van der Waals surface area contributed by atoms with Crippen molar-refractivity contribution < 1.29 is 17.6 Å². The highest BCUT2D eigenvalue weighted by Crippen LogP contribution is 2.35. The maximum absolute atomic E-state index is 14.9. The Morgan fingerprint density at radius 2 is 1.76 bits per heavy atom. The van der Waals surface area contributed by atoms with E-state index in [0.29, 0.717) is 17.9 Å². The summed E-state index contributed by atoms with van der Waals surface area (Å²) in [5, 5.41) is 0. The fourth-order valence-electron chi connectivity index (χ4n) is 3.56. The van der Waals surface area contributed by atoms with Crippen LogP contribution < -0.4 is 0 Å². The third-order valence-corrected chi connectivity index (χ3v) is 4.92. The Balaban J connectivity index is 1.89. The van der Waals surface area contributed by atoms with Crippen LogP contribution in [0, 0.1) is 29.2 Å². The molecule has 0 radical (unpaired) electrons. The molecule has 0 amide bonds. The molecule has 4 heteroatoms. The Bertz CT molecular complexity index is 785. The molecule has 1 aliphatic rings.